The molecule has 0 aromatic rings. The summed E-state index contributed by atoms with van der Waals surface area (Å²) in [6, 6.07) is 0. The molecule has 5 heteroatoms. The van der Waals surface area contributed by atoms with Gasteiger partial charge in [0.1, 0.15) is 0 Å². The first-order chi connectivity index (χ1) is 7.36. The van der Waals surface area contributed by atoms with Gasteiger partial charge in [0, 0.05) is 13.6 Å². The number of hydrogen-bond acceptors (Lipinski definition) is 3. The van der Waals surface area contributed by atoms with E-state index in [9.17, 15) is 9.90 Å². The van der Waals surface area contributed by atoms with E-state index < -0.39 is 11.5 Å². The Labute approximate surface area is 102 Å². The van der Waals surface area contributed by atoms with Crippen molar-refractivity contribution in [2.75, 3.05) is 13.6 Å². The Morgan fingerprint density at radius 3 is 2.50 bits per heavy atom. The molecule has 1 amide bonds. The lowest BCUT2D eigenvalue weighted by atomic mass is 10.0. The van der Waals surface area contributed by atoms with Gasteiger partial charge in [-0.2, -0.15) is 0 Å². The topological polar surface area (TPSA) is 66.6 Å². The number of rotatable bonds is 4. The molecule has 0 aliphatic heterocycles. The van der Waals surface area contributed by atoms with E-state index in [1.165, 1.54) is 4.90 Å². The molecule has 1 aliphatic rings. The smallest absolute Gasteiger partial charge is 0.232 e. The highest BCUT2D eigenvalue weighted by Gasteiger charge is 2.34. The second-order valence-electron chi connectivity index (χ2n) is 4.75. The summed E-state index contributed by atoms with van der Waals surface area (Å²) in [5, 5.41) is 10.2. The molecule has 0 heterocycles. The summed E-state index contributed by atoms with van der Waals surface area (Å²) in [6.07, 6.45) is 3.60. The largest absolute Gasteiger partial charge is 0.393 e. The van der Waals surface area contributed by atoms with Crippen LogP contribution in [0.5, 0.6) is 0 Å². The molecule has 1 fully saturated rings. The van der Waals surface area contributed by atoms with E-state index in [2.05, 4.69) is 0 Å². The first kappa shape index (κ1) is 13.4. The minimum absolute atomic E-state index is 0.118. The molecule has 0 bridgehead atoms. The zero-order chi connectivity index (χ0) is 12.3. The van der Waals surface area contributed by atoms with Gasteiger partial charge in [0.05, 0.1) is 16.5 Å². The minimum Gasteiger partial charge on any atom is -0.393 e. The van der Waals surface area contributed by atoms with Crippen LogP contribution in [-0.4, -0.2) is 40.1 Å². The van der Waals surface area contributed by atoms with Crippen molar-refractivity contribution in [1.82, 2.24) is 4.90 Å². The molecule has 0 saturated heterocycles. The van der Waals surface area contributed by atoms with Gasteiger partial charge in [0.15, 0.2) is 0 Å². The first-order valence-electron chi connectivity index (χ1n) is 5.62. The third-order valence-corrected chi connectivity index (χ3v) is 3.59. The van der Waals surface area contributed by atoms with Crippen molar-refractivity contribution < 1.29 is 9.90 Å². The van der Waals surface area contributed by atoms with Gasteiger partial charge in [-0.05, 0) is 19.8 Å². The molecule has 1 rings (SSSR count). The number of likely N-dealkylation sites (N-methyl/N-ethyl adjacent to an activating group) is 1. The van der Waals surface area contributed by atoms with Crippen molar-refractivity contribution in [3.8, 4) is 0 Å². The molecule has 1 unspecified atom stereocenters. The number of aliphatic hydroxyl groups is 1. The Kier molecular flexibility index (Phi) is 4.27. The highest BCUT2D eigenvalue weighted by atomic mass is 32.1. The molecule has 1 atom stereocenters. The third kappa shape index (κ3) is 3.15. The Bertz CT molecular complexity index is 288. The number of carbonyl (C=O) groups is 1. The summed E-state index contributed by atoms with van der Waals surface area (Å²) in [5.74, 6) is -0.571. The van der Waals surface area contributed by atoms with Crippen molar-refractivity contribution in [3.05, 3.63) is 0 Å². The van der Waals surface area contributed by atoms with Gasteiger partial charge < -0.3 is 15.7 Å². The lowest BCUT2D eigenvalue weighted by Gasteiger charge is -2.30. The Balaban J connectivity index is 2.54. The average molecular weight is 244 g/mol. The number of thiocarbonyl (C=S) groups is 1. The Hall–Kier alpha value is -0.680. The van der Waals surface area contributed by atoms with Crippen molar-refractivity contribution in [1.29, 1.82) is 0 Å². The molecule has 16 heavy (non-hydrogen) atoms. The van der Waals surface area contributed by atoms with E-state index in [1.54, 1.807) is 14.0 Å². The first-order valence-corrected chi connectivity index (χ1v) is 6.03. The molecule has 4 nitrogen and oxygen atoms in total. The van der Waals surface area contributed by atoms with E-state index in [0.717, 1.165) is 25.7 Å². The van der Waals surface area contributed by atoms with Crippen LogP contribution in [-0.2, 0) is 4.79 Å². The molecule has 0 aromatic heterocycles. The highest BCUT2D eigenvalue weighted by molar-refractivity contribution is 7.80. The van der Waals surface area contributed by atoms with Crippen LogP contribution < -0.4 is 5.73 Å². The van der Waals surface area contributed by atoms with Gasteiger partial charge in [0.2, 0.25) is 5.91 Å². The average Bonchev–Trinajstić information content (AvgIpc) is 2.62. The zero-order valence-corrected chi connectivity index (χ0v) is 10.7. The lowest BCUT2D eigenvalue weighted by molar-refractivity contribution is -0.134. The number of hydrogen-bond donors (Lipinski definition) is 2. The molecule has 0 aromatic carbocycles. The maximum atomic E-state index is 11.9. The predicted molar refractivity (Wildman–Crippen MR) is 67.0 cm³/mol. The SMILES string of the molecule is CC(C(=O)N(C)CC1(O)CCCC1)C(N)=S. The van der Waals surface area contributed by atoms with Gasteiger partial charge in [-0.25, -0.2) is 0 Å². The van der Waals surface area contributed by atoms with E-state index in [4.69, 9.17) is 18.0 Å². The van der Waals surface area contributed by atoms with E-state index >= 15 is 0 Å². The lowest BCUT2D eigenvalue weighted by Crippen LogP contribution is -2.45. The third-order valence-electron chi connectivity index (χ3n) is 3.24. The van der Waals surface area contributed by atoms with Crippen LogP contribution in [0.25, 0.3) is 0 Å². The van der Waals surface area contributed by atoms with Gasteiger partial charge in [0.25, 0.3) is 0 Å². The van der Waals surface area contributed by atoms with E-state index in [0.29, 0.717) is 6.54 Å². The van der Waals surface area contributed by atoms with Crippen molar-refractivity contribution >= 4 is 23.1 Å². The fraction of sp³-hybridized carbons (Fsp3) is 0.818. The van der Waals surface area contributed by atoms with E-state index in [-0.39, 0.29) is 10.9 Å². The monoisotopic (exact) mass is 244 g/mol. The molecule has 1 saturated carbocycles. The summed E-state index contributed by atoms with van der Waals surface area (Å²) in [7, 11) is 1.69. The normalized spacial score (nSPS) is 20.4. The molecule has 92 valence electrons. The second kappa shape index (κ2) is 5.10. The molecule has 0 spiro atoms. The molecule has 0 radical (unpaired) electrons. The molecular weight excluding hydrogens is 224 g/mol. The van der Waals surface area contributed by atoms with E-state index in [1.807, 2.05) is 0 Å². The zero-order valence-electron chi connectivity index (χ0n) is 9.90. The summed E-state index contributed by atoms with van der Waals surface area (Å²) < 4.78 is 0. The van der Waals surface area contributed by atoms with Crippen LogP contribution in [0.3, 0.4) is 0 Å². The summed E-state index contributed by atoms with van der Waals surface area (Å²) in [6.45, 7) is 2.07. The van der Waals surface area contributed by atoms with Crippen LogP contribution in [0, 0.1) is 5.92 Å². The highest BCUT2D eigenvalue weighted by Crippen LogP contribution is 2.30. The summed E-state index contributed by atoms with van der Waals surface area (Å²) in [5.41, 5.74) is 4.73. The number of nitrogens with zero attached hydrogens (tertiary/aromatic N) is 1. The van der Waals surface area contributed by atoms with Crippen molar-refractivity contribution in [2.24, 2.45) is 11.7 Å². The van der Waals surface area contributed by atoms with Gasteiger partial charge in [-0.15, -0.1) is 0 Å². The van der Waals surface area contributed by atoms with Gasteiger partial charge in [-0.3, -0.25) is 4.79 Å². The standard InChI is InChI=1S/C11H20N2O2S/c1-8(9(12)16)10(14)13(2)7-11(15)5-3-4-6-11/h8,15H,3-7H2,1-2H3,(H2,12,16). The Morgan fingerprint density at radius 1 is 1.56 bits per heavy atom. The van der Waals surface area contributed by atoms with Crippen LogP contribution >= 0.6 is 12.2 Å². The fourth-order valence-corrected chi connectivity index (χ4v) is 2.26. The predicted octanol–water partition coefficient (Wildman–Crippen LogP) is 0.672. The van der Waals surface area contributed by atoms with Crippen LogP contribution in [0.1, 0.15) is 32.6 Å². The van der Waals surface area contributed by atoms with Gasteiger partial charge >= 0.3 is 0 Å². The summed E-state index contributed by atoms with van der Waals surface area (Å²) in [4.78, 5) is 13.6. The summed E-state index contributed by atoms with van der Waals surface area (Å²) >= 11 is 4.79. The minimum atomic E-state index is -0.708. The maximum absolute atomic E-state index is 11.9. The van der Waals surface area contributed by atoms with Gasteiger partial charge in [-0.1, -0.05) is 25.1 Å². The number of carbonyl (C=O) groups excluding carboxylic acids is 1. The van der Waals surface area contributed by atoms with Crippen LogP contribution in [0.4, 0.5) is 0 Å². The number of nitrogens with two attached hydrogens (primary N) is 1. The number of amides is 1. The molecule has 3 N–H and O–H groups in total. The van der Waals surface area contributed by atoms with Crippen LogP contribution in [0.2, 0.25) is 0 Å². The van der Waals surface area contributed by atoms with Crippen LogP contribution in [0.15, 0.2) is 0 Å². The Morgan fingerprint density at radius 2 is 2.06 bits per heavy atom. The van der Waals surface area contributed by atoms with Crippen molar-refractivity contribution in [3.63, 3.8) is 0 Å². The molecular formula is C11H20N2O2S. The van der Waals surface area contributed by atoms with Crippen molar-refractivity contribution in [2.45, 2.75) is 38.2 Å². The maximum Gasteiger partial charge on any atom is 0.232 e. The molecule has 1 aliphatic carbocycles. The fourth-order valence-electron chi connectivity index (χ4n) is 2.16. The second-order valence-corrected chi connectivity index (χ2v) is 5.22. The quantitative estimate of drug-likeness (QED) is 0.713.